The van der Waals surface area contributed by atoms with Crippen LogP contribution in [-0.4, -0.2) is 10.2 Å². The first-order valence-corrected chi connectivity index (χ1v) is 6.74. The van der Waals surface area contributed by atoms with E-state index in [1.165, 1.54) is 19.3 Å². The third kappa shape index (κ3) is 2.92. The van der Waals surface area contributed by atoms with Crippen molar-refractivity contribution in [1.29, 1.82) is 0 Å². The van der Waals surface area contributed by atoms with Gasteiger partial charge in [-0.25, -0.2) is 4.98 Å². The number of pyridine rings is 1. The summed E-state index contributed by atoms with van der Waals surface area (Å²) in [6.07, 6.45) is 8.26. The van der Waals surface area contributed by atoms with Crippen molar-refractivity contribution in [1.82, 2.24) is 4.98 Å². The Morgan fingerprint density at radius 3 is 3.08 bits per heavy atom. The van der Waals surface area contributed by atoms with Crippen molar-refractivity contribution in [2.75, 3.05) is 0 Å². The van der Waals surface area contributed by atoms with E-state index in [2.05, 4.69) is 17.5 Å². The summed E-state index contributed by atoms with van der Waals surface area (Å²) in [6, 6.07) is 6.05. The third-order valence-electron chi connectivity index (χ3n) is 2.02. The van der Waals surface area contributed by atoms with Gasteiger partial charge in [0.1, 0.15) is 5.03 Å². The highest BCUT2D eigenvalue weighted by Crippen LogP contribution is 2.39. The molecule has 1 heterocycles. The van der Waals surface area contributed by atoms with E-state index in [0.29, 0.717) is 0 Å². The number of rotatable bonds is 3. The fraction of sp³-hybridized carbons (Fsp3) is 0.400. The summed E-state index contributed by atoms with van der Waals surface area (Å²) in [5.41, 5.74) is 0. The molecular formula is C10H12NS2. The van der Waals surface area contributed by atoms with Gasteiger partial charge in [-0.3, -0.25) is 0 Å². The summed E-state index contributed by atoms with van der Waals surface area (Å²) in [5, 5.41) is 1.86. The Balaban J connectivity index is 1.79. The first-order valence-electron chi connectivity index (χ1n) is 4.53. The Hall–Kier alpha value is -0.150. The highest BCUT2D eigenvalue weighted by Gasteiger charge is 2.16. The topological polar surface area (TPSA) is 12.9 Å². The van der Waals surface area contributed by atoms with Gasteiger partial charge in [-0.05, 0) is 42.2 Å². The predicted molar refractivity (Wildman–Crippen MR) is 59.6 cm³/mol. The van der Waals surface area contributed by atoms with Gasteiger partial charge in [0.15, 0.2) is 0 Å². The fourth-order valence-electron chi connectivity index (χ4n) is 1.34. The SMILES string of the molecule is [CH]1CCC[C@H]1SSc1ccccn1. The normalized spacial score (nSPS) is 17.8. The molecule has 1 aliphatic carbocycles. The molecule has 0 amide bonds. The number of aromatic nitrogens is 1. The molecule has 1 atom stereocenters. The van der Waals surface area contributed by atoms with E-state index in [1.54, 1.807) is 10.8 Å². The van der Waals surface area contributed by atoms with E-state index in [4.69, 9.17) is 0 Å². The molecule has 1 radical (unpaired) electrons. The van der Waals surface area contributed by atoms with Crippen LogP contribution in [0.4, 0.5) is 0 Å². The molecule has 69 valence electrons. The maximum absolute atomic E-state index is 4.27. The van der Waals surface area contributed by atoms with Gasteiger partial charge in [0.05, 0.1) is 0 Å². The van der Waals surface area contributed by atoms with Crippen LogP contribution in [0.1, 0.15) is 19.3 Å². The zero-order chi connectivity index (χ0) is 8.93. The van der Waals surface area contributed by atoms with Gasteiger partial charge in [0.2, 0.25) is 0 Å². The highest BCUT2D eigenvalue weighted by atomic mass is 33.1. The molecule has 3 heteroatoms. The summed E-state index contributed by atoms with van der Waals surface area (Å²) < 4.78 is 0. The summed E-state index contributed by atoms with van der Waals surface area (Å²) in [6.45, 7) is 0. The molecule has 1 aliphatic rings. The minimum Gasteiger partial charge on any atom is -0.249 e. The van der Waals surface area contributed by atoms with Crippen molar-refractivity contribution in [2.24, 2.45) is 0 Å². The monoisotopic (exact) mass is 210 g/mol. The lowest BCUT2D eigenvalue weighted by molar-refractivity contribution is 0.895. The van der Waals surface area contributed by atoms with Gasteiger partial charge in [-0.2, -0.15) is 0 Å². The summed E-state index contributed by atoms with van der Waals surface area (Å²) >= 11 is 0. The van der Waals surface area contributed by atoms with Crippen LogP contribution >= 0.6 is 21.6 Å². The Labute approximate surface area is 87.1 Å². The molecule has 1 nitrogen and oxygen atoms in total. The maximum atomic E-state index is 4.27. The third-order valence-corrected chi connectivity index (χ3v) is 4.74. The van der Waals surface area contributed by atoms with E-state index in [-0.39, 0.29) is 0 Å². The highest BCUT2D eigenvalue weighted by molar-refractivity contribution is 8.76. The van der Waals surface area contributed by atoms with Gasteiger partial charge in [-0.15, -0.1) is 0 Å². The van der Waals surface area contributed by atoms with Crippen molar-refractivity contribution in [3.8, 4) is 0 Å². The van der Waals surface area contributed by atoms with Crippen LogP contribution in [0.15, 0.2) is 29.4 Å². The standard InChI is InChI=1S/C10H12NS2/c1-2-6-9(5-1)12-13-10-7-3-4-8-11-10/h3-5,7-9H,1-2,6H2/t9-/m0/s1. The Kier molecular flexibility index (Phi) is 3.56. The Morgan fingerprint density at radius 2 is 2.38 bits per heavy atom. The second kappa shape index (κ2) is 4.91. The maximum Gasteiger partial charge on any atom is 0.106 e. The van der Waals surface area contributed by atoms with Crippen LogP contribution in [0.3, 0.4) is 0 Å². The summed E-state index contributed by atoms with van der Waals surface area (Å²) in [7, 11) is 3.73. The van der Waals surface area contributed by atoms with Gasteiger partial charge < -0.3 is 0 Å². The summed E-state index contributed by atoms with van der Waals surface area (Å²) in [4.78, 5) is 4.27. The minimum atomic E-state index is 0.743. The lowest BCUT2D eigenvalue weighted by atomic mass is 10.4. The first-order chi connectivity index (χ1) is 6.45. The predicted octanol–water partition coefficient (Wildman–Crippen LogP) is 3.58. The number of hydrogen-bond acceptors (Lipinski definition) is 3. The zero-order valence-corrected chi connectivity index (χ0v) is 8.98. The van der Waals surface area contributed by atoms with Crippen LogP contribution in [-0.2, 0) is 0 Å². The molecule has 0 N–H and O–H groups in total. The molecule has 0 unspecified atom stereocenters. The fourth-order valence-corrected chi connectivity index (χ4v) is 3.76. The van der Waals surface area contributed by atoms with E-state index >= 15 is 0 Å². The molecule has 0 aliphatic heterocycles. The van der Waals surface area contributed by atoms with Crippen LogP contribution in [0.2, 0.25) is 0 Å². The number of nitrogens with zero attached hydrogens (tertiary/aromatic N) is 1. The smallest absolute Gasteiger partial charge is 0.106 e. The molecule has 0 aromatic carbocycles. The molecule has 1 saturated carbocycles. The van der Waals surface area contributed by atoms with Crippen LogP contribution in [0, 0.1) is 6.42 Å². The van der Waals surface area contributed by atoms with Crippen LogP contribution in [0.25, 0.3) is 0 Å². The minimum absolute atomic E-state index is 0.743. The van der Waals surface area contributed by atoms with E-state index in [9.17, 15) is 0 Å². The van der Waals surface area contributed by atoms with E-state index in [1.807, 2.05) is 29.1 Å². The Morgan fingerprint density at radius 1 is 1.38 bits per heavy atom. The zero-order valence-electron chi connectivity index (χ0n) is 7.35. The second-order valence-corrected chi connectivity index (χ2v) is 5.51. The van der Waals surface area contributed by atoms with Gasteiger partial charge in [-0.1, -0.05) is 23.3 Å². The molecule has 1 aromatic heterocycles. The second-order valence-electron chi connectivity index (χ2n) is 3.05. The lowest BCUT2D eigenvalue weighted by Gasteiger charge is -2.05. The molecule has 0 saturated heterocycles. The van der Waals surface area contributed by atoms with Crippen molar-refractivity contribution in [3.63, 3.8) is 0 Å². The lowest BCUT2D eigenvalue weighted by Crippen LogP contribution is -1.90. The molecule has 0 spiro atoms. The summed E-state index contributed by atoms with van der Waals surface area (Å²) in [5.74, 6) is 0. The largest absolute Gasteiger partial charge is 0.249 e. The van der Waals surface area contributed by atoms with Crippen LogP contribution < -0.4 is 0 Å². The van der Waals surface area contributed by atoms with Gasteiger partial charge in [0, 0.05) is 11.4 Å². The van der Waals surface area contributed by atoms with Crippen molar-refractivity contribution >= 4 is 21.6 Å². The molecular weight excluding hydrogens is 198 g/mol. The molecule has 0 bridgehead atoms. The molecule has 13 heavy (non-hydrogen) atoms. The average Bonchev–Trinajstić information content (AvgIpc) is 2.69. The van der Waals surface area contributed by atoms with Crippen molar-refractivity contribution in [3.05, 3.63) is 30.8 Å². The van der Waals surface area contributed by atoms with Gasteiger partial charge >= 0.3 is 0 Å². The Bertz CT molecular complexity index is 244. The number of hydrogen-bond donors (Lipinski definition) is 0. The molecule has 1 aromatic rings. The molecule has 2 rings (SSSR count). The van der Waals surface area contributed by atoms with Gasteiger partial charge in [0.25, 0.3) is 0 Å². The average molecular weight is 210 g/mol. The molecule has 1 fully saturated rings. The van der Waals surface area contributed by atoms with Crippen molar-refractivity contribution < 1.29 is 0 Å². The first kappa shape index (κ1) is 9.41. The van der Waals surface area contributed by atoms with Crippen molar-refractivity contribution in [2.45, 2.75) is 29.5 Å². The van der Waals surface area contributed by atoms with E-state index < -0.39 is 0 Å². The van der Waals surface area contributed by atoms with Crippen LogP contribution in [0.5, 0.6) is 0 Å². The van der Waals surface area contributed by atoms with E-state index in [0.717, 1.165) is 10.3 Å². The quantitative estimate of drug-likeness (QED) is 0.708.